The van der Waals surface area contributed by atoms with Gasteiger partial charge in [-0.05, 0) is 18.6 Å². The summed E-state index contributed by atoms with van der Waals surface area (Å²) in [6, 6.07) is 0. The predicted octanol–water partition coefficient (Wildman–Crippen LogP) is 0.996. The summed E-state index contributed by atoms with van der Waals surface area (Å²) < 4.78 is 5.03. The summed E-state index contributed by atoms with van der Waals surface area (Å²) in [6.07, 6.45) is 1.68. The van der Waals surface area contributed by atoms with Crippen LogP contribution in [0.1, 0.15) is 0 Å². The summed E-state index contributed by atoms with van der Waals surface area (Å²) in [6.45, 7) is 3.25. The van der Waals surface area contributed by atoms with Gasteiger partial charge in [0.25, 0.3) is 0 Å². The van der Waals surface area contributed by atoms with Gasteiger partial charge in [0.2, 0.25) is 5.28 Å². The molecule has 7 nitrogen and oxygen atoms in total. The number of halogens is 1. The molecule has 0 aromatic carbocycles. The smallest absolute Gasteiger partial charge is 0.226 e. The number of fused-ring (bicyclic) bond motifs is 1. The molecule has 2 rings (SSSR count). The van der Waals surface area contributed by atoms with Gasteiger partial charge in [-0.25, -0.2) is 0 Å². The molecular weight excluding hydrogens is 268 g/mol. The van der Waals surface area contributed by atoms with Crippen molar-refractivity contribution in [3.8, 4) is 0 Å². The highest BCUT2D eigenvalue weighted by Gasteiger charge is 2.08. The van der Waals surface area contributed by atoms with Gasteiger partial charge in [0, 0.05) is 26.7 Å². The Morgan fingerprint density at radius 2 is 2.26 bits per heavy atom. The molecule has 0 aliphatic rings. The average molecular weight is 285 g/mol. The number of aromatic amines is 1. The van der Waals surface area contributed by atoms with Gasteiger partial charge in [0.15, 0.2) is 5.65 Å². The number of rotatable bonds is 7. The van der Waals surface area contributed by atoms with Gasteiger partial charge < -0.3 is 15.0 Å². The average Bonchev–Trinajstić information content (AvgIpc) is 2.84. The molecule has 0 bridgehead atoms. The van der Waals surface area contributed by atoms with Crippen molar-refractivity contribution in [2.75, 3.05) is 45.7 Å². The summed E-state index contributed by atoms with van der Waals surface area (Å²) in [5, 5.41) is 11.0. The van der Waals surface area contributed by atoms with E-state index in [0.29, 0.717) is 11.5 Å². The minimum Gasteiger partial charge on any atom is -0.383 e. The van der Waals surface area contributed by atoms with Crippen molar-refractivity contribution in [2.24, 2.45) is 0 Å². The van der Waals surface area contributed by atoms with E-state index >= 15 is 0 Å². The van der Waals surface area contributed by atoms with Gasteiger partial charge in [-0.3, -0.25) is 5.10 Å². The van der Waals surface area contributed by atoms with E-state index in [2.05, 4.69) is 30.4 Å². The Hall–Kier alpha value is -1.44. The lowest BCUT2D eigenvalue weighted by Gasteiger charge is -2.16. The van der Waals surface area contributed by atoms with Crippen LogP contribution in [0.2, 0.25) is 5.28 Å². The maximum absolute atomic E-state index is 5.85. The van der Waals surface area contributed by atoms with Crippen molar-refractivity contribution in [1.29, 1.82) is 0 Å². The fourth-order valence-electron chi connectivity index (χ4n) is 1.67. The summed E-state index contributed by atoms with van der Waals surface area (Å²) in [7, 11) is 3.74. The molecule has 0 aliphatic heterocycles. The molecule has 2 aromatic rings. The van der Waals surface area contributed by atoms with E-state index in [0.717, 1.165) is 31.6 Å². The van der Waals surface area contributed by atoms with E-state index in [-0.39, 0.29) is 5.28 Å². The third-order valence-corrected chi connectivity index (χ3v) is 2.91. The van der Waals surface area contributed by atoms with Crippen molar-refractivity contribution < 1.29 is 4.74 Å². The first-order valence-corrected chi connectivity index (χ1v) is 6.36. The first-order valence-electron chi connectivity index (χ1n) is 5.98. The minimum atomic E-state index is 0.201. The number of ether oxygens (including phenoxy) is 1. The molecule has 0 amide bonds. The summed E-state index contributed by atoms with van der Waals surface area (Å²) in [5.41, 5.74) is 0.634. The molecule has 0 saturated heterocycles. The first-order chi connectivity index (χ1) is 9.20. The highest BCUT2D eigenvalue weighted by molar-refractivity contribution is 6.28. The molecule has 2 aromatic heterocycles. The number of methoxy groups -OCH3 is 1. The van der Waals surface area contributed by atoms with Crippen LogP contribution in [0, 0.1) is 0 Å². The molecule has 0 spiro atoms. The third kappa shape index (κ3) is 3.76. The Kier molecular flexibility index (Phi) is 4.89. The highest BCUT2D eigenvalue weighted by atomic mass is 35.5. The number of aromatic nitrogens is 4. The lowest BCUT2D eigenvalue weighted by atomic mass is 10.4. The summed E-state index contributed by atoms with van der Waals surface area (Å²) >= 11 is 5.85. The van der Waals surface area contributed by atoms with Crippen LogP contribution in [0.4, 0.5) is 5.82 Å². The molecule has 0 fully saturated rings. The van der Waals surface area contributed by atoms with Crippen molar-refractivity contribution in [1.82, 2.24) is 25.1 Å². The number of likely N-dealkylation sites (N-methyl/N-ethyl adjacent to an activating group) is 1. The van der Waals surface area contributed by atoms with E-state index in [9.17, 15) is 0 Å². The van der Waals surface area contributed by atoms with Crippen molar-refractivity contribution >= 4 is 28.5 Å². The Balaban J connectivity index is 1.92. The van der Waals surface area contributed by atoms with Gasteiger partial charge in [0.1, 0.15) is 5.82 Å². The monoisotopic (exact) mass is 284 g/mol. The summed E-state index contributed by atoms with van der Waals surface area (Å²) in [5.74, 6) is 0.698. The minimum absolute atomic E-state index is 0.201. The molecule has 2 heterocycles. The quantitative estimate of drug-likeness (QED) is 0.739. The topological polar surface area (TPSA) is 79.0 Å². The molecule has 0 atom stereocenters. The van der Waals surface area contributed by atoms with E-state index in [1.807, 2.05) is 7.05 Å². The fraction of sp³-hybridized carbons (Fsp3) is 0.545. The number of nitrogens with zero attached hydrogens (tertiary/aromatic N) is 4. The maximum Gasteiger partial charge on any atom is 0.226 e. The van der Waals surface area contributed by atoms with Crippen LogP contribution in [0.15, 0.2) is 6.20 Å². The van der Waals surface area contributed by atoms with Gasteiger partial charge in [-0.15, -0.1) is 0 Å². The number of hydrogen-bond acceptors (Lipinski definition) is 6. The molecule has 104 valence electrons. The third-order valence-electron chi connectivity index (χ3n) is 2.75. The number of anilines is 1. The second-order valence-electron chi connectivity index (χ2n) is 4.20. The van der Waals surface area contributed by atoms with E-state index < -0.39 is 0 Å². The SMILES string of the molecule is COCCN(C)CCNc1nc(Cl)nc2[nH]ncc12. The van der Waals surface area contributed by atoms with Gasteiger partial charge in [-0.2, -0.15) is 15.1 Å². The van der Waals surface area contributed by atoms with Crippen molar-refractivity contribution in [2.45, 2.75) is 0 Å². The normalized spacial score (nSPS) is 11.4. The Morgan fingerprint density at radius 3 is 3.05 bits per heavy atom. The second-order valence-corrected chi connectivity index (χ2v) is 4.53. The lowest BCUT2D eigenvalue weighted by molar-refractivity contribution is 0.163. The van der Waals surface area contributed by atoms with Crippen molar-refractivity contribution in [3.05, 3.63) is 11.5 Å². The molecule has 0 saturated carbocycles. The van der Waals surface area contributed by atoms with Gasteiger partial charge >= 0.3 is 0 Å². The van der Waals surface area contributed by atoms with E-state index in [1.54, 1.807) is 13.3 Å². The zero-order valence-corrected chi connectivity index (χ0v) is 11.7. The zero-order valence-electron chi connectivity index (χ0n) is 11.0. The Bertz CT molecular complexity index is 531. The molecule has 19 heavy (non-hydrogen) atoms. The highest BCUT2D eigenvalue weighted by Crippen LogP contribution is 2.19. The maximum atomic E-state index is 5.85. The van der Waals surface area contributed by atoms with Crippen LogP contribution in [0.5, 0.6) is 0 Å². The van der Waals surface area contributed by atoms with E-state index in [4.69, 9.17) is 16.3 Å². The van der Waals surface area contributed by atoms with Crippen LogP contribution in [0.3, 0.4) is 0 Å². The number of hydrogen-bond donors (Lipinski definition) is 2. The Morgan fingerprint density at radius 1 is 1.42 bits per heavy atom. The Labute approximate surface area is 116 Å². The lowest BCUT2D eigenvalue weighted by Crippen LogP contribution is -2.28. The van der Waals surface area contributed by atoms with Crippen LogP contribution >= 0.6 is 11.6 Å². The van der Waals surface area contributed by atoms with Gasteiger partial charge in [0.05, 0.1) is 18.2 Å². The first kappa shape index (κ1) is 14.0. The second kappa shape index (κ2) is 6.65. The molecule has 8 heteroatoms. The molecule has 2 N–H and O–H groups in total. The van der Waals surface area contributed by atoms with Gasteiger partial charge in [-0.1, -0.05) is 0 Å². The molecule has 0 aliphatic carbocycles. The van der Waals surface area contributed by atoms with E-state index in [1.165, 1.54) is 0 Å². The molecule has 0 radical (unpaired) electrons. The van der Waals surface area contributed by atoms with Crippen LogP contribution in [0.25, 0.3) is 11.0 Å². The van der Waals surface area contributed by atoms with Crippen LogP contribution < -0.4 is 5.32 Å². The fourth-order valence-corrected chi connectivity index (χ4v) is 1.84. The van der Waals surface area contributed by atoms with Crippen LogP contribution in [-0.2, 0) is 4.74 Å². The molecular formula is C11H17ClN6O. The largest absolute Gasteiger partial charge is 0.383 e. The number of nitrogens with one attached hydrogen (secondary N) is 2. The standard InChI is InChI=1S/C11H17ClN6O/c1-18(5-6-19-2)4-3-13-9-8-7-14-17-10(8)16-11(12)15-9/h7H,3-6H2,1-2H3,(H2,13,14,15,16,17). The molecule has 0 unspecified atom stereocenters. The van der Waals surface area contributed by atoms with Crippen molar-refractivity contribution in [3.63, 3.8) is 0 Å². The zero-order chi connectivity index (χ0) is 13.7. The van der Waals surface area contributed by atoms with Crippen LogP contribution in [-0.4, -0.2) is 65.5 Å². The predicted molar refractivity (Wildman–Crippen MR) is 74.6 cm³/mol. The summed E-state index contributed by atoms with van der Waals surface area (Å²) in [4.78, 5) is 10.4. The number of H-pyrrole nitrogens is 1.